The van der Waals surface area contributed by atoms with Crippen LogP contribution in [0.25, 0.3) is 28.4 Å². The number of esters is 1. The summed E-state index contributed by atoms with van der Waals surface area (Å²) in [5, 5.41) is 12.7. The van der Waals surface area contributed by atoms with Crippen molar-refractivity contribution in [1.82, 2.24) is 20.0 Å². The second kappa shape index (κ2) is 8.72. The molecule has 5 rings (SSSR count). The molecule has 0 unspecified atom stereocenters. The molecule has 0 saturated carbocycles. The lowest BCUT2D eigenvalue weighted by Crippen LogP contribution is -2.09. The molecule has 3 aromatic carbocycles. The fourth-order valence-corrected chi connectivity index (χ4v) is 3.56. The molecule has 0 atom stereocenters. The van der Waals surface area contributed by atoms with E-state index in [1.165, 1.54) is 6.39 Å². The number of carbonyl (C=O) groups is 1. The molecule has 0 fully saturated rings. The first-order chi connectivity index (χ1) is 16.1. The lowest BCUT2D eigenvalue weighted by atomic mass is 10.1. The smallest absolute Gasteiger partial charge is 0.347 e. The second-order valence-electron chi connectivity index (χ2n) is 7.31. The number of halogens is 1. The summed E-state index contributed by atoms with van der Waals surface area (Å²) in [5.74, 6) is 0.230. The fourth-order valence-electron chi connectivity index (χ4n) is 3.34. The Morgan fingerprint density at radius 2 is 1.70 bits per heavy atom. The normalized spacial score (nSPS) is 10.8. The van der Waals surface area contributed by atoms with E-state index in [0.29, 0.717) is 33.6 Å². The van der Waals surface area contributed by atoms with Gasteiger partial charge < -0.3 is 9.15 Å². The van der Waals surface area contributed by atoms with Gasteiger partial charge >= 0.3 is 5.97 Å². The second-order valence-corrected chi connectivity index (χ2v) is 7.72. The molecule has 0 spiro atoms. The zero-order chi connectivity index (χ0) is 22.8. The van der Waals surface area contributed by atoms with Crippen molar-refractivity contribution in [2.24, 2.45) is 0 Å². The number of aromatic nitrogens is 4. The fraction of sp³-hybridized carbons (Fsp3) is 0.0400. The molecule has 7 nitrogen and oxygen atoms in total. The van der Waals surface area contributed by atoms with Crippen LogP contribution in [0.15, 0.2) is 89.8 Å². The average Bonchev–Trinajstić information content (AvgIpc) is 3.51. The topological polar surface area (TPSA) is 83.0 Å². The molecule has 0 amide bonds. The summed E-state index contributed by atoms with van der Waals surface area (Å²) in [4.78, 5) is 13.2. The van der Waals surface area contributed by atoms with Crippen LogP contribution in [0.5, 0.6) is 5.75 Å². The maximum absolute atomic E-state index is 13.2. The number of ether oxygens (including phenoxy) is 1. The summed E-state index contributed by atoms with van der Waals surface area (Å²) in [6.45, 7) is 2.00. The number of carbonyl (C=O) groups excluding carboxylic acids is 1. The molecular formula is C25H17ClN4O3. The van der Waals surface area contributed by atoms with Gasteiger partial charge in [0.15, 0.2) is 0 Å². The van der Waals surface area contributed by atoms with E-state index >= 15 is 0 Å². The van der Waals surface area contributed by atoms with E-state index in [1.54, 1.807) is 41.2 Å². The number of benzene rings is 3. The van der Waals surface area contributed by atoms with Crippen LogP contribution >= 0.6 is 11.6 Å². The summed E-state index contributed by atoms with van der Waals surface area (Å²) >= 11 is 6.36. The third-order valence-corrected chi connectivity index (χ3v) is 5.35. The molecule has 0 aliphatic carbocycles. The summed E-state index contributed by atoms with van der Waals surface area (Å²) < 4.78 is 12.4. The highest BCUT2D eigenvalue weighted by atomic mass is 35.5. The van der Waals surface area contributed by atoms with Crippen LogP contribution in [0, 0.1) is 6.92 Å². The standard InChI is InChI=1S/C25H17ClN4O3/c1-16-6-8-17(9-7-16)23-20(14-30(29-23)22-5-3-2-4-21(22)26)25(31)33-19-12-10-18(11-13-19)24-28-27-15-32-24/h2-15H,1H3. The molecule has 162 valence electrons. The van der Waals surface area contributed by atoms with Crippen LogP contribution in [0.4, 0.5) is 0 Å². The maximum atomic E-state index is 13.2. The third kappa shape index (κ3) is 4.26. The molecule has 0 aliphatic heterocycles. The van der Waals surface area contributed by atoms with Crippen molar-refractivity contribution >= 4 is 17.6 Å². The zero-order valence-electron chi connectivity index (χ0n) is 17.5. The third-order valence-electron chi connectivity index (χ3n) is 5.03. The van der Waals surface area contributed by atoms with Gasteiger partial charge in [0.2, 0.25) is 12.3 Å². The Balaban J connectivity index is 1.49. The number of aryl methyl sites for hydroxylation is 1. The molecule has 33 heavy (non-hydrogen) atoms. The molecule has 0 N–H and O–H groups in total. The van der Waals surface area contributed by atoms with E-state index in [-0.39, 0.29) is 0 Å². The highest BCUT2D eigenvalue weighted by molar-refractivity contribution is 6.32. The monoisotopic (exact) mass is 456 g/mol. The Labute approximate surface area is 194 Å². The van der Waals surface area contributed by atoms with Gasteiger partial charge in [0, 0.05) is 17.3 Å². The van der Waals surface area contributed by atoms with Gasteiger partial charge in [-0.2, -0.15) is 5.10 Å². The maximum Gasteiger partial charge on any atom is 0.347 e. The molecule has 2 aromatic heterocycles. The van der Waals surface area contributed by atoms with Gasteiger partial charge in [0.1, 0.15) is 17.0 Å². The van der Waals surface area contributed by atoms with Gasteiger partial charge in [-0.25, -0.2) is 9.48 Å². The predicted molar refractivity (Wildman–Crippen MR) is 123 cm³/mol. The zero-order valence-corrected chi connectivity index (χ0v) is 18.2. The number of nitrogens with zero attached hydrogens (tertiary/aromatic N) is 4. The quantitative estimate of drug-likeness (QED) is 0.246. The van der Waals surface area contributed by atoms with E-state index in [2.05, 4.69) is 15.3 Å². The number of hydrogen-bond acceptors (Lipinski definition) is 6. The van der Waals surface area contributed by atoms with Crippen molar-refractivity contribution in [3.05, 3.63) is 102 Å². The van der Waals surface area contributed by atoms with Gasteiger partial charge in [-0.05, 0) is 43.3 Å². The van der Waals surface area contributed by atoms with Crippen LogP contribution in [0.3, 0.4) is 0 Å². The highest BCUT2D eigenvalue weighted by Gasteiger charge is 2.21. The highest BCUT2D eigenvalue weighted by Crippen LogP contribution is 2.28. The van der Waals surface area contributed by atoms with E-state index < -0.39 is 5.97 Å². The summed E-state index contributed by atoms with van der Waals surface area (Å²) in [5.41, 5.74) is 4.11. The predicted octanol–water partition coefficient (Wildman–Crippen LogP) is 5.77. The first kappa shape index (κ1) is 20.7. The van der Waals surface area contributed by atoms with Crippen LogP contribution in [0.2, 0.25) is 5.02 Å². The lowest BCUT2D eigenvalue weighted by Gasteiger charge is -2.05. The van der Waals surface area contributed by atoms with Crippen molar-refractivity contribution in [3.63, 3.8) is 0 Å². The minimum atomic E-state index is -0.533. The van der Waals surface area contributed by atoms with Crippen LogP contribution < -0.4 is 4.74 Å². The Morgan fingerprint density at radius 3 is 2.39 bits per heavy atom. The largest absolute Gasteiger partial charge is 0.423 e. The van der Waals surface area contributed by atoms with Gasteiger partial charge in [0.25, 0.3) is 0 Å². The van der Waals surface area contributed by atoms with Crippen molar-refractivity contribution < 1.29 is 13.9 Å². The van der Waals surface area contributed by atoms with Crippen molar-refractivity contribution in [2.75, 3.05) is 0 Å². The lowest BCUT2D eigenvalue weighted by molar-refractivity contribution is 0.0735. The number of rotatable bonds is 5. The summed E-state index contributed by atoms with van der Waals surface area (Å²) in [6.07, 6.45) is 2.89. The van der Waals surface area contributed by atoms with Gasteiger partial charge in [-0.1, -0.05) is 53.6 Å². The summed E-state index contributed by atoms with van der Waals surface area (Å²) in [7, 11) is 0. The summed E-state index contributed by atoms with van der Waals surface area (Å²) in [6, 6.07) is 21.9. The minimum Gasteiger partial charge on any atom is -0.423 e. The molecule has 2 heterocycles. The molecule has 0 aliphatic rings. The molecular weight excluding hydrogens is 440 g/mol. The van der Waals surface area contributed by atoms with Crippen molar-refractivity contribution in [3.8, 4) is 34.1 Å². The van der Waals surface area contributed by atoms with E-state index in [0.717, 1.165) is 16.7 Å². The van der Waals surface area contributed by atoms with Crippen molar-refractivity contribution in [1.29, 1.82) is 0 Å². The Morgan fingerprint density at radius 1 is 0.970 bits per heavy atom. The van der Waals surface area contributed by atoms with Crippen LogP contribution in [-0.2, 0) is 0 Å². The molecule has 8 heteroatoms. The Bertz CT molecular complexity index is 1410. The first-order valence-electron chi connectivity index (χ1n) is 10.1. The van der Waals surface area contributed by atoms with E-state index in [9.17, 15) is 4.79 Å². The van der Waals surface area contributed by atoms with Crippen LogP contribution in [-0.4, -0.2) is 25.9 Å². The SMILES string of the molecule is Cc1ccc(-c2nn(-c3ccccc3Cl)cc2C(=O)Oc2ccc(-c3nnco3)cc2)cc1. The first-order valence-corrected chi connectivity index (χ1v) is 10.5. The van der Waals surface area contributed by atoms with Gasteiger partial charge in [0.05, 0.1) is 10.7 Å². The Kier molecular flexibility index (Phi) is 5.46. The molecule has 5 aromatic rings. The molecule has 0 radical (unpaired) electrons. The van der Waals surface area contributed by atoms with Gasteiger partial charge in [-0.15, -0.1) is 10.2 Å². The number of para-hydroxylation sites is 1. The van der Waals surface area contributed by atoms with E-state index in [4.69, 9.17) is 20.8 Å². The number of hydrogen-bond donors (Lipinski definition) is 0. The molecule has 0 saturated heterocycles. The van der Waals surface area contributed by atoms with Gasteiger partial charge in [-0.3, -0.25) is 0 Å². The minimum absolute atomic E-state index is 0.319. The molecule has 0 bridgehead atoms. The Hall–Kier alpha value is -4.23. The average molecular weight is 457 g/mol. The van der Waals surface area contributed by atoms with Crippen LogP contribution in [0.1, 0.15) is 15.9 Å². The van der Waals surface area contributed by atoms with E-state index in [1.807, 2.05) is 49.4 Å². The van der Waals surface area contributed by atoms with Crippen molar-refractivity contribution in [2.45, 2.75) is 6.92 Å².